The average Bonchev–Trinajstić information content (AvgIpc) is 3.03. The van der Waals surface area contributed by atoms with Gasteiger partial charge < -0.3 is 9.15 Å². The summed E-state index contributed by atoms with van der Waals surface area (Å²) >= 11 is 0. The van der Waals surface area contributed by atoms with Crippen LogP contribution in [0.1, 0.15) is 68.3 Å². The lowest BCUT2D eigenvalue weighted by atomic mass is 10.0. The quantitative estimate of drug-likeness (QED) is 0.395. The Balaban J connectivity index is 2.10. The molecule has 0 radical (unpaired) electrons. The number of esters is 1. The second kappa shape index (κ2) is 9.96. The molecule has 0 unspecified atom stereocenters. The van der Waals surface area contributed by atoms with E-state index in [0.29, 0.717) is 17.9 Å². The number of furan rings is 1. The average molecular weight is 328 g/mol. The van der Waals surface area contributed by atoms with Gasteiger partial charge in [0.05, 0.1) is 12.9 Å². The number of carbonyl (C=O) groups is 1. The maximum absolute atomic E-state index is 12.4. The zero-order chi connectivity index (χ0) is 17.2. The fourth-order valence-electron chi connectivity index (χ4n) is 2.90. The van der Waals surface area contributed by atoms with Gasteiger partial charge in [-0.1, -0.05) is 69.4 Å². The lowest BCUT2D eigenvalue weighted by Crippen LogP contribution is -2.07. The highest BCUT2D eigenvalue weighted by atomic mass is 16.5. The Kier molecular flexibility index (Phi) is 7.60. The van der Waals surface area contributed by atoms with Crippen LogP contribution in [0.3, 0.4) is 0 Å². The molecular weight excluding hydrogens is 300 g/mol. The number of unbranched alkanes of at least 4 members (excludes halogenated alkanes) is 5. The van der Waals surface area contributed by atoms with Crippen molar-refractivity contribution in [3.05, 3.63) is 47.7 Å². The van der Waals surface area contributed by atoms with E-state index in [9.17, 15) is 4.79 Å². The topological polar surface area (TPSA) is 39.4 Å². The summed E-state index contributed by atoms with van der Waals surface area (Å²) in [5, 5.41) is 0. The van der Waals surface area contributed by atoms with Crippen molar-refractivity contribution >= 4 is 5.97 Å². The summed E-state index contributed by atoms with van der Waals surface area (Å²) in [6.07, 6.45) is 9.95. The maximum atomic E-state index is 12.4. The molecule has 0 spiro atoms. The number of rotatable bonds is 10. The Hall–Kier alpha value is -2.03. The van der Waals surface area contributed by atoms with Gasteiger partial charge in [-0.15, -0.1) is 0 Å². The zero-order valence-corrected chi connectivity index (χ0v) is 14.8. The lowest BCUT2D eigenvalue weighted by molar-refractivity contribution is 0.0525. The first-order valence-corrected chi connectivity index (χ1v) is 9.10. The third kappa shape index (κ3) is 4.98. The smallest absolute Gasteiger partial charge is 0.342 e. The number of carbonyl (C=O) groups excluding carboxylic acids is 1. The fraction of sp³-hybridized carbons (Fsp3) is 0.476. The molecule has 1 aromatic heterocycles. The van der Waals surface area contributed by atoms with E-state index >= 15 is 0 Å². The van der Waals surface area contributed by atoms with Crippen LogP contribution in [0, 0.1) is 0 Å². The molecule has 0 bridgehead atoms. The molecule has 1 heterocycles. The summed E-state index contributed by atoms with van der Waals surface area (Å²) < 4.78 is 11.0. The van der Waals surface area contributed by atoms with Crippen molar-refractivity contribution in [2.75, 3.05) is 6.61 Å². The van der Waals surface area contributed by atoms with E-state index in [0.717, 1.165) is 24.0 Å². The van der Waals surface area contributed by atoms with E-state index in [1.54, 1.807) is 6.26 Å². The number of benzene rings is 1. The molecule has 24 heavy (non-hydrogen) atoms. The summed E-state index contributed by atoms with van der Waals surface area (Å²) in [5.41, 5.74) is 2.47. The van der Waals surface area contributed by atoms with E-state index < -0.39 is 0 Å². The van der Waals surface area contributed by atoms with Crippen molar-refractivity contribution in [1.29, 1.82) is 0 Å². The Bertz CT molecular complexity index is 613. The van der Waals surface area contributed by atoms with Crippen LogP contribution >= 0.6 is 0 Å². The molecule has 0 saturated heterocycles. The normalized spacial score (nSPS) is 10.8. The molecule has 130 valence electrons. The van der Waals surface area contributed by atoms with Crippen LogP contribution in [0.15, 0.2) is 41.0 Å². The van der Waals surface area contributed by atoms with E-state index in [1.807, 2.05) is 37.3 Å². The third-order valence-corrected chi connectivity index (χ3v) is 4.18. The first kappa shape index (κ1) is 18.3. The van der Waals surface area contributed by atoms with Gasteiger partial charge in [0.15, 0.2) is 0 Å². The molecule has 3 nitrogen and oxygen atoms in total. The maximum Gasteiger partial charge on any atom is 0.342 e. The molecule has 1 aromatic carbocycles. The third-order valence-electron chi connectivity index (χ3n) is 4.18. The molecule has 3 heteroatoms. The number of ether oxygens (including phenoxy) is 1. The Morgan fingerprint density at radius 2 is 1.71 bits per heavy atom. The first-order chi connectivity index (χ1) is 11.8. The van der Waals surface area contributed by atoms with Crippen LogP contribution in [-0.2, 0) is 11.2 Å². The SMILES string of the molecule is CCCCCCCCc1coc(-c2ccccc2)c1C(=O)OCC. The number of hydrogen-bond acceptors (Lipinski definition) is 3. The van der Waals surface area contributed by atoms with Gasteiger partial charge in [-0.05, 0) is 19.8 Å². The highest BCUT2D eigenvalue weighted by molar-refractivity contribution is 5.97. The molecule has 0 N–H and O–H groups in total. The molecule has 0 amide bonds. The first-order valence-electron chi connectivity index (χ1n) is 9.10. The minimum absolute atomic E-state index is 0.286. The van der Waals surface area contributed by atoms with Crippen LogP contribution < -0.4 is 0 Å². The van der Waals surface area contributed by atoms with E-state index in [1.165, 1.54) is 32.1 Å². The number of hydrogen-bond donors (Lipinski definition) is 0. The fourth-order valence-corrected chi connectivity index (χ4v) is 2.90. The Morgan fingerprint density at radius 3 is 2.42 bits per heavy atom. The van der Waals surface area contributed by atoms with Gasteiger partial charge in [-0.25, -0.2) is 4.79 Å². The molecule has 0 saturated carbocycles. The van der Waals surface area contributed by atoms with Crippen molar-refractivity contribution in [3.63, 3.8) is 0 Å². The van der Waals surface area contributed by atoms with Crippen LogP contribution in [0.25, 0.3) is 11.3 Å². The predicted octanol–water partition coefficient (Wildman–Crippen LogP) is 6.03. The predicted molar refractivity (Wildman–Crippen MR) is 97.2 cm³/mol. The second-order valence-corrected chi connectivity index (χ2v) is 6.07. The molecule has 2 rings (SSSR count). The van der Waals surface area contributed by atoms with Crippen molar-refractivity contribution in [2.45, 2.75) is 58.8 Å². The van der Waals surface area contributed by atoms with Gasteiger partial charge in [0.1, 0.15) is 11.3 Å². The van der Waals surface area contributed by atoms with Crippen molar-refractivity contribution in [2.24, 2.45) is 0 Å². The van der Waals surface area contributed by atoms with E-state index in [2.05, 4.69) is 6.92 Å². The standard InChI is InChI=1S/C21H28O3/c1-3-5-6-7-8-10-15-18-16-24-20(17-13-11-9-12-14-17)19(18)21(22)23-4-2/h9,11-14,16H,3-8,10,15H2,1-2H3. The zero-order valence-electron chi connectivity index (χ0n) is 14.8. The van der Waals surface area contributed by atoms with Gasteiger partial charge >= 0.3 is 5.97 Å². The van der Waals surface area contributed by atoms with Crippen molar-refractivity contribution in [3.8, 4) is 11.3 Å². The molecular formula is C21H28O3. The second-order valence-electron chi connectivity index (χ2n) is 6.07. The van der Waals surface area contributed by atoms with Gasteiger partial charge in [0, 0.05) is 11.1 Å². The van der Waals surface area contributed by atoms with Crippen LogP contribution in [0.4, 0.5) is 0 Å². The minimum Gasteiger partial charge on any atom is -0.463 e. The van der Waals surface area contributed by atoms with Crippen molar-refractivity contribution in [1.82, 2.24) is 0 Å². The highest BCUT2D eigenvalue weighted by Crippen LogP contribution is 2.30. The number of aryl methyl sites for hydroxylation is 1. The van der Waals surface area contributed by atoms with E-state index in [-0.39, 0.29) is 5.97 Å². The van der Waals surface area contributed by atoms with Crippen LogP contribution in [-0.4, -0.2) is 12.6 Å². The summed E-state index contributed by atoms with van der Waals surface area (Å²) in [6.45, 7) is 4.42. The van der Waals surface area contributed by atoms with Crippen molar-refractivity contribution < 1.29 is 13.9 Å². The lowest BCUT2D eigenvalue weighted by Gasteiger charge is -2.06. The monoisotopic (exact) mass is 328 g/mol. The summed E-state index contributed by atoms with van der Waals surface area (Å²) in [7, 11) is 0. The highest BCUT2D eigenvalue weighted by Gasteiger charge is 2.22. The van der Waals surface area contributed by atoms with E-state index in [4.69, 9.17) is 9.15 Å². The van der Waals surface area contributed by atoms with Gasteiger partial charge in [-0.3, -0.25) is 0 Å². The summed E-state index contributed by atoms with van der Waals surface area (Å²) in [5.74, 6) is 0.334. The largest absolute Gasteiger partial charge is 0.463 e. The van der Waals surface area contributed by atoms with Gasteiger partial charge in [-0.2, -0.15) is 0 Å². The minimum atomic E-state index is -0.286. The van der Waals surface area contributed by atoms with Gasteiger partial charge in [0.25, 0.3) is 0 Å². The van der Waals surface area contributed by atoms with Crippen LogP contribution in [0.2, 0.25) is 0 Å². The Morgan fingerprint density at radius 1 is 1.00 bits per heavy atom. The molecule has 0 aliphatic heterocycles. The molecule has 0 fully saturated rings. The molecule has 0 aliphatic carbocycles. The molecule has 0 atom stereocenters. The molecule has 2 aromatic rings. The summed E-state index contributed by atoms with van der Waals surface area (Å²) in [4.78, 5) is 12.4. The van der Waals surface area contributed by atoms with Crippen LogP contribution in [0.5, 0.6) is 0 Å². The summed E-state index contributed by atoms with van der Waals surface area (Å²) in [6, 6.07) is 9.75. The molecule has 0 aliphatic rings. The van der Waals surface area contributed by atoms with Gasteiger partial charge in [0.2, 0.25) is 0 Å². The Labute approximate surface area is 145 Å².